The number of nitrogens with zero attached hydrogens (tertiary/aromatic N) is 3. The van der Waals surface area contributed by atoms with E-state index in [-0.39, 0.29) is 24.6 Å². The molecule has 2 amide bonds. The zero-order chi connectivity index (χ0) is 21.3. The van der Waals surface area contributed by atoms with Gasteiger partial charge < -0.3 is 16.0 Å². The van der Waals surface area contributed by atoms with Gasteiger partial charge in [-0.3, -0.25) is 14.7 Å². The van der Waals surface area contributed by atoms with E-state index in [1.807, 2.05) is 4.90 Å². The van der Waals surface area contributed by atoms with Gasteiger partial charge in [0, 0.05) is 31.3 Å². The van der Waals surface area contributed by atoms with Gasteiger partial charge >= 0.3 is 0 Å². The second-order valence-electron chi connectivity index (χ2n) is 7.16. The molecule has 1 aliphatic heterocycles. The van der Waals surface area contributed by atoms with Crippen LogP contribution in [0, 0.1) is 11.6 Å². The molecule has 1 aromatic carbocycles. The normalized spacial score (nSPS) is 16.2. The van der Waals surface area contributed by atoms with Crippen LogP contribution in [0.15, 0.2) is 30.5 Å². The van der Waals surface area contributed by atoms with Crippen molar-refractivity contribution in [2.75, 3.05) is 18.0 Å². The highest BCUT2D eigenvalue weighted by Crippen LogP contribution is 2.39. The Balaban J connectivity index is 1.64. The number of fused-ring (bicyclic) bond motifs is 1. The Morgan fingerprint density at radius 3 is 2.93 bits per heavy atom. The van der Waals surface area contributed by atoms with E-state index in [4.69, 9.17) is 5.73 Å². The fraction of sp³-hybridized carbons (Fsp3) is 0.300. The van der Waals surface area contributed by atoms with Crippen LogP contribution in [0.2, 0.25) is 0 Å². The van der Waals surface area contributed by atoms with E-state index in [0.29, 0.717) is 35.4 Å². The van der Waals surface area contributed by atoms with Crippen LogP contribution < -0.4 is 16.0 Å². The first-order valence-corrected chi connectivity index (χ1v) is 9.56. The maximum absolute atomic E-state index is 14.4. The van der Waals surface area contributed by atoms with Crippen molar-refractivity contribution in [2.45, 2.75) is 25.3 Å². The Kier molecular flexibility index (Phi) is 5.30. The summed E-state index contributed by atoms with van der Waals surface area (Å²) >= 11 is 0. The van der Waals surface area contributed by atoms with Crippen LogP contribution in [0.1, 0.15) is 41.2 Å². The van der Waals surface area contributed by atoms with E-state index < -0.39 is 23.4 Å². The molecule has 1 fully saturated rings. The van der Waals surface area contributed by atoms with Crippen LogP contribution in [0.3, 0.4) is 0 Å². The van der Waals surface area contributed by atoms with Crippen molar-refractivity contribution in [1.29, 1.82) is 0 Å². The van der Waals surface area contributed by atoms with Crippen LogP contribution in [0.5, 0.6) is 0 Å². The molecule has 0 radical (unpaired) electrons. The number of anilines is 1. The zero-order valence-corrected chi connectivity index (χ0v) is 16.0. The van der Waals surface area contributed by atoms with Crippen molar-refractivity contribution in [3.63, 3.8) is 0 Å². The van der Waals surface area contributed by atoms with E-state index in [1.54, 1.807) is 6.07 Å². The molecule has 0 saturated carbocycles. The zero-order valence-electron chi connectivity index (χ0n) is 16.0. The molecule has 10 heteroatoms. The smallest absolute Gasteiger partial charge is 0.252 e. The van der Waals surface area contributed by atoms with Crippen LogP contribution in [-0.2, 0) is 4.79 Å². The first kappa shape index (κ1) is 19.7. The molecule has 4 N–H and O–H groups in total. The third-order valence-corrected chi connectivity index (χ3v) is 5.16. The highest BCUT2D eigenvalue weighted by Gasteiger charge is 2.31. The lowest BCUT2D eigenvalue weighted by Crippen LogP contribution is -2.28. The fourth-order valence-electron chi connectivity index (χ4n) is 3.75. The van der Waals surface area contributed by atoms with Gasteiger partial charge in [0.1, 0.15) is 11.6 Å². The first-order chi connectivity index (χ1) is 14.4. The second kappa shape index (κ2) is 8.05. The number of halogens is 2. The number of hydrogen-bond donors (Lipinski definition) is 3. The van der Waals surface area contributed by atoms with Crippen molar-refractivity contribution in [3.8, 4) is 0 Å². The number of pyridine rings is 1. The average molecular weight is 414 g/mol. The Labute approximate surface area is 170 Å². The predicted molar refractivity (Wildman–Crippen MR) is 106 cm³/mol. The van der Waals surface area contributed by atoms with Crippen molar-refractivity contribution in [1.82, 2.24) is 20.5 Å². The molecule has 0 aliphatic carbocycles. The lowest BCUT2D eigenvalue weighted by Gasteiger charge is -2.25. The van der Waals surface area contributed by atoms with Gasteiger partial charge in [0.15, 0.2) is 11.5 Å². The number of hydrogen-bond acceptors (Lipinski definition) is 5. The molecule has 0 bridgehead atoms. The van der Waals surface area contributed by atoms with E-state index in [0.717, 1.165) is 18.6 Å². The van der Waals surface area contributed by atoms with Gasteiger partial charge in [-0.2, -0.15) is 5.10 Å². The minimum atomic E-state index is -0.509. The van der Waals surface area contributed by atoms with Crippen LogP contribution >= 0.6 is 0 Å². The molecule has 3 heterocycles. The van der Waals surface area contributed by atoms with Gasteiger partial charge in [-0.1, -0.05) is 0 Å². The monoisotopic (exact) mass is 414 g/mol. The minimum absolute atomic E-state index is 0.0348. The minimum Gasteiger partial charge on any atom is -0.370 e. The second-order valence-corrected chi connectivity index (χ2v) is 7.16. The summed E-state index contributed by atoms with van der Waals surface area (Å²) in [6.07, 6.45) is 2.87. The molecule has 3 aromatic rings. The van der Waals surface area contributed by atoms with Gasteiger partial charge in [0.2, 0.25) is 5.91 Å². The number of rotatable bonds is 6. The molecule has 156 valence electrons. The molecule has 1 aliphatic rings. The number of aromatic nitrogens is 3. The van der Waals surface area contributed by atoms with E-state index in [2.05, 4.69) is 20.5 Å². The molecule has 0 spiro atoms. The fourth-order valence-corrected chi connectivity index (χ4v) is 3.75. The summed E-state index contributed by atoms with van der Waals surface area (Å²) in [7, 11) is 0. The number of aromatic amines is 1. The van der Waals surface area contributed by atoms with Crippen molar-refractivity contribution in [2.24, 2.45) is 5.73 Å². The molecule has 2 aromatic heterocycles. The van der Waals surface area contributed by atoms with Crippen molar-refractivity contribution >= 4 is 28.7 Å². The topological polar surface area (TPSA) is 117 Å². The molecule has 1 atom stereocenters. The summed E-state index contributed by atoms with van der Waals surface area (Å²) in [5, 5.41) is 10.4. The molecule has 4 rings (SSSR count). The van der Waals surface area contributed by atoms with E-state index >= 15 is 0 Å². The van der Waals surface area contributed by atoms with Gasteiger partial charge in [-0.05, 0) is 37.1 Å². The van der Waals surface area contributed by atoms with Crippen LogP contribution in [-0.4, -0.2) is 40.1 Å². The molecule has 30 heavy (non-hydrogen) atoms. The van der Waals surface area contributed by atoms with Crippen LogP contribution in [0.25, 0.3) is 11.0 Å². The standard InChI is InChI=1S/C20H20F2N6O2/c21-12-3-4-15(22)13(9-12)16-2-1-7-28(16)19-14-8-11(10-25-18(14)26-27-19)20(30)24-6-5-17(23)29/h3-4,8-10,16H,1-2,5-7H2,(H2,23,29)(H,24,30)(H,25,26,27). The largest absolute Gasteiger partial charge is 0.370 e. The summed E-state index contributed by atoms with van der Waals surface area (Å²) in [5.41, 5.74) is 6.12. The Bertz CT molecular complexity index is 1120. The third-order valence-electron chi connectivity index (χ3n) is 5.16. The number of nitrogens with one attached hydrogen (secondary N) is 2. The van der Waals surface area contributed by atoms with Crippen LogP contribution in [0.4, 0.5) is 14.6 Å². The average Bonchev–Trinajstić information content (AvgIpc) is 3.35. The van der Waals surface area contributed by atoms with Gasteiger partial charge in [-0.15, -0.1) is 0 Å². The quantitative estimate of drug-likeness (QED) is 0.572. The molecular weight excluding hydrogens is 394 g/mol. The number of nitrogens with two attached hydrogens (primary N) is 1. The number of H-pyrrole nitrogens is 1. The predicted octanol–water partition coefficient (Wildman–Crippen LogP) is 2.18. The maximum Gasteiger partial charge on any atom is 0.252 e. The van der Waals surface area contributed by atoms with E-state index in [9.17, 15) is 18.4 Å². The van der Waals surface area contributed by atoms with Gasteiger partial charge in [0.05, 0.1) is 17.0 Å². The summed E-state index contributed by atoms with van der Waals surface area (Å²) in [5.74, 6) is -1.35. The molecular formula is C20H20F2N6O2. The highest BCUT2D eigenvalue weighted by molar-refractivity contribution is 5.99. The Hall–Kier alpha value is -3.56. The Morgan fingerprint density at radius 1 is 1.30 bits per heavy atom. The summed E-state index contributed by atoms with van der Waals surface area (Å²) in [6.45, 7) is 0.729. The lowest BCUT2D eigenvalue weighted by molar-refractivity contribution is -0.117. The number of amides is 2. The summed E-state index contributed by atoms with van der Waals surface area (Å²) < 4.78 is 28.1. The van der Waals surface area contributed by atoms with Gasteiger partial charge in [-0.25, -0.2) is 13.8 Å². The van der Waals surface area contributed by atoms with Gasteiger partial charge in [0.25, 0.3) is 5.91 Å². The number of primary amides is 1. The maximum atomic E-state index is 14.4. The van der Waals surface area contributed by atoms with Crippen molar-refractivity contribution in [3.05, 3.63) is 53.2 Å². The molecule has 1 unspecified atom stereocenters. The SMILES string of the molecule is NC(=O)CCNC(=O)c1cnc2[nH]nc(N3CCCC3c3cc(F)ccc3F)c2c1. The Morgan fingerprint density at radius 2 is 2.13 bits per heavy atom. The number of carbonyl (C=O) groups excluding carboxylic acids is 2. The van der Waals surface area contributed by atoms with E-state index in [1.165, 1.54) is 12.3 Å². The summed E-state index contributed by atoms with van der Waals surface area (Å²) in [4.78, 5) is 29.3. The molecule has 8 nitrogen and oxygen atoms in total. The number of benzene rings is 1. The summed E-state index contributed by atoms with van der Waals surface area (Å²) in [6, 6.07) is 4.69. The third kappa shape index (κ3) is 3.80. The molecule has 1 saturated heterocycles. The highest BCUT2D eigenvalue weighted by atomic mass is 19.1. The first-order valence-electron chi connectivity index (χ1n) is 9.56. The number of carbonyl (C=O) groups is 2. The van der Waals surface area contributed by atoms with Crippen molar-refractivity contribution < 1.29 is 18.4 Å². The lowest BCUT2D eigenvalue weighted by atomic mass is 10.0.